The lowest BCUT2D eigenvalue weighted by Crippen LogP contribution is -2.44. The number of rotatable bonds is 3. The van der Waals surface area contributed by atoms with Gasteiger partial charge in [-0.05, 0) is 12.8 Å². The van der Waals surface area contributed by atoms with E-state index < -0.39 is 25.1 Å². The molecule has 0 spiro atoms. The number of ether oxygens (including phenoxy) is 3. The normalized spacial score (nSPS) is 24.9. The molecule has 144 valence electrons. The molecule has 0 aromatic heterocycles. The monoisotopic (exact) mass is 366 g/mol. The van der Waals surface area contributed by atoms with E-state index in [0.29, 0.717) is 19.6 Å². The molecule has 0 saturated carbocycles. The van der Waals surface area contributed by atoms with Gasteiger partial charge in [0.1, 0.15) is 6.61 Å². The van der Waals surface area contributed by atoms with E-state index in [9.17, 15) is 26.3 Å². The van der Waals surface area contributed by atoms with Crippen LogP contribution in [0.3, 0.4) is 0 Å². The van der Waals surface area contributed by atoms with Gasteiger partial charge in [-0.2, -0.15) is 26.3 Å². The summed E-state index contributed by atoms with van der Waals surface area (Å²) in [4.78, 5) is 0. The first-order chi connectivity index (χ1) is 11.0. The Hall–Kier alpha value is -0.540. The fourth-order valence-corrected chi connectivity index (χ4v) is 2.30. The molecule has 2 fully saturated rings. The first-order valence-electron chi connectivity index (χ1n) is 7.92. The molecule has 2 aliphatic heterocycles. The van der Waals surface area contributed by atoms with Crippen molar-refractivity contribution < 1.29 is 40.6 Å². The van der Waals surface area contributed by atoms with Gasteiger partial charge < -0.3 is 14.2 Å². The van der Waals surface area contributed by atoms with Crippen molar-refractivity contribution in [3.8, 4) is 0 Å². The second-order valence-electron chi connectivity index (χ2n) is 6.52. The topological polar surface area (TPSA) is 27.7 Å². The maximum absolute atomic E-state index is 12.1. The Morgan fingerprint density at radius 3 is 2.12 bits per heavy atom. The van der Waals surface area contributed by atoms with Crippen LogP contribution in [0.5, 0.6) is 0 Å². The second kappa shape index (κ2) is 9.24. The van der Waals surface area contributed by atoms with Crippen LogP contribution in [0, 0.1) is 5.41 Å². The van der Waals surface area contributed by atoms with Crippen molar-refractivity contribution in [2.24, 2.45) is 5.41 Å². The van der Waals surface area contributed by atoms with E-state index in [1.807, 2.05) is 6.92 Å². The van der Waals surface area contributed by atoms with Crippen molar-refractivity contribution >= 4 is 0 Å². The first kappa shape index (κ1) is 21.5. The van der Waals surface area contributed by atoms with Crippen LogP contribution < -0.4 is 0 Å². The van der Waals surface area contributed by atoms with Crippen LogP contribution in [0.1, 0.15) is 39.0 Å². The highest BCUT2D eigenvalue weighted by molar-refractivity contribution is 4.80. The van der Waals surface area contributed by atoms with Crippen molar-refractivity contribution in [1.82, 2.24) is 0 Å². The molecule has 2 aliphatic rings. The lowest BCUT2D eigenvalue weighted by Gasteiger charge is -2.37. The molecule has 9 heteroatoms. The molecule has 0 amide bonds. The van der Waals surface area contributed by atoms with Crippen LogP contribution in [0.2, 0.25) is 0 Å². The molecule has 2 rings (SSSR count). The summed E-state index contributed by atoms with van der Waals surface area (Å²) >= 11 is 0. The molecule has 0 bridgehead atoms. The fourth-order valence-electron chi connectivity index (χ4n) is 2.30. The summed E-state index contributed by atoms with van der Waals surface area (Å²) < 4.78 is 85.3. The van der Waals surface area contributed by atoms with Gasteiger partial charge in [0.2, 0.25) is 0 Å². The molecule has 1 unspecified atom stereocenters. The molecular weight excluding hydrogens is 342 g/mol. The Labute approximate surface area is 137 Å². The maximum Gasteiger partial charge on any atom is 0.414 e. The molecule has 1 atom stereocenters. The van der Waals surface area contributed by atoms with Gasteiger partial charge in [0.05, 0.1) is 19.8 Å². The lowest BCUT2D eigenvalue weighted by molar-refractivity contribution is -0.224. The number of alkyl halides is 6. The highest BCUT2D eigenvalue weighted by atomic mass is 19.4. The van der Waals surface area contributed by atoms with Gasteiger partial charge in [-0.25, -0.2) is 0 Å². The third-order valence-electron chi connectivity index (χ3n) is 3.66. The van der Waals surface area contributed by atoms with Crippen LogP contribution in [0.4, 0.5) is 26.3 Å². The average molecular weight is 366 g/mol. The molecule has 0 aliphatic carbocycles. The summed E-state index contributed by atoms with van der Waals surface area (Å²) in [6.07, 6.45) is -6.50. The van der Waals surface area contributed by atoms with Crippen molar-refractivity contribution in [2.45, 2.75) is 57.5 Å². The molecule has 0 N–H and O–H groups in total. The van der Waals surface area contributed by atoms with Crippen LogP contribution in [0.15, 0.2) is 0 Å². The molecular formula is C15H24F6O3. The van der Waals surface area contributed by atoms with Crippen molar-refractivity contribution in [3.05, 3.63) is 0 Å². The fraction of sp³-hybridized carbons (Fsp3) is 1.00. The molecule has 24 heavy (non-hydrogen) atoms. The third kappa shape index (κ3) is 9.08. The van der Waals surface area contributed by atoms with Crippen LogP contribution in [-0.2, 0) is 14.2 Å². The van der Waals surface area contributed by atoms with Gasteiger partial charge in [-0.3, -0.25) is 0 Å². The minimum atomic E-state index is -4.22. The number of halogens is 6. The third-order valence-corrected chi connectivity index (χ3v) is 3.66. The van der Waals surface area contributed by atoms with E-state index in [0.717, 1.165) is 19.3 Å². The van der Waals surface area contributed by atoms with Crippen LogP contribution in [0.25, 0.3) is 0 Å². The molecule has 0 aromatic carbocycles. The summed E-state index contributed by atoms with van der Waals surface area (Å²) in [6.45, 7) is 2.03. The Morgan fingerprint density at radius 1 is 1.00 bits per heavy atom. The van der Waals surface area contributed by atoms with E-state index in [1.165, 1.54) is 0 Å². The molecule has 2 heterocycles. The minimum absolute atomic E-state index is 0.118. The zero-order valence-electron chi connectivity index (χ0n) is 13.6. The Balaban J connectivity index is 0.000000240. The largest absolute Gasteiger partial charge is 0.414 e. The smallest absolute Gasteiger partial charge is 0.380 e. The van der Waals surface area contributed by atoms with E-state index in [1.54, 1.807) is 0 Å². The molecule has 0 aromatic rings. The number of hydrogen-bond donors (Lipinski definition) is 0. The average Bonchev–Trinajstić information content (AvgIpc) is 2.33. The van der Waals surface area contributed by atoms with E-state index >= 15 is 0 Å². The van der Waals surface area contributed by atoms with E-state index in [2.05, 4.69) is 4.74 Å². The zero-order valence-corrected chi connectivity index (χ0v) is 13.6. The minimum Gasteiger partial charge on any atom is -0.380 e. The van der Waals surface area contributed by atoms with Gasteiger partial charge in [-0.1, -0.05) is 26.2 Å². The Bertz CT molecular complexity index is 344. The SMILES string of the molecule is CC1(COCC(F)(F)F)COC1.FC(F)(F)C1CCCCCCO1. The zero-order chi connectivity index (χ0) is 18.3. The van der Waals surface area contributed by atoms with Crippen LogP contribution >= 0.6 is 0 Å². The highest BCUT2D eigenvalue weighted by Gasteiger charge is 2.40. The summed E-state index contributed by atoms with van der Waals surface area (Å²) in [7, 11) is 0. The standard InChI is InChI=1S/C8H13F3O.C7H11F3O2/c9-8(10,11)7-5-3-1-2-4-6-12-7;1-6(2-11-3-6)4-12-5-7(8,9)10/h7H,1-6H2;2-5H2,1H3. The molecule has 0 radical (unpaired) electrons. The van der Waals surface area contributed by atoms with Gasteiger partial charge in [0, 0.05) is 12.0 Å². The summed E-state index contributed by atoms with van der Waals surface area (Å²) in [6, 6.07) is 0. The molecule has 2 saturated heterocycles. The van der Waals surface area contributed by atoms with E-state index in [-0.39, 0.29) is 25.0 Å². The van der Waals surface area contributed by atoms with Crippen molar-refractivity contribution in [1.29, 1.82) is 0 Å². The van der Waals surface area contributed by atoms with Gasteiger partial charge >= 0.3 is 12.4 Å². The lowest BCUT2D eigenvalue weighted by atomic mass is 9.90. The predicted octanol–water partition coefficient (Wildman–Crippen LogP) is 4.50. The predicted molar refractivity (Wildman–Crippen MR) is 74.7 cm³/mol. The first-order valence-corrected chi connectivity index (χ1v) is 7.92. The van der Waals surface area contributed by atoms with Crippen molar-refractivity contribution in [3.63, 3.8) is 0 Å². The van der Waals surface area contributed by atoms with Crippen LogP contribution in [-0.4, -0.2) is 51.5 Å². The Morgan fingerprint density at radius 2 is 1.62 bits per heavy atom. The van der Waals surface area contributed by atoms with Gasteiger partial charge in [0.25, 0.3) is 0 Å². The second-order valence-corrected chi connectivity index (χ2v) is 6.52. The van der Waals surface area contributed by atoms with E-state index in [4.69, 9.17) is 9.47 Å². The maximum atomic E-state index is 12.1. The van der Waals surface area contributed by atoms with Gasteiger partial charge in [-0.15, -0.1) is 0 Å². The quantitative estimate of drug-likeness (QED) is 0.689. The summed E-state index contributed by atoms with van der Waals surface area (Å²) in [5.41, 5.74) is -0.203. The summed E-state index contributed by atoms with van der Waals surface area (Å²) in [5.74, 6) is 0. The summed E-state index contributed by atoms with van der Waals surface area (Å²) in [5, 5.41) is 0. The number of hydrogen-bond acceptors (Lipinski definition) is 3. The van der Waals surface area contributed by atoms with Crippen molar-refractivity contribution in [2.75, 3.05) is 33.0 Å². The Kier molecular flexibility index (Phi) is 8.28. The van der Waals surface area contributed by atoms with Gasteiger partial charge in [0.15, 0.2) is 6.10 Å². The molecule has 3 nitrogen and oxygen atoms in total. The highest BCUT2D eigenvalue weighted by Crippen LogP contribution is 2.29.